The number of hydrogen-bond acceptors (Lipinski definition) is 4. The zero-order chi connectivity index (χ0) is 14.8. The van der Waals surface area contributed by atoms with Gasteiger partial charge in [0.1, 0.15) is 5.02 Å². The maximum Gasteiger partial charge on any atom is 0.288 e. The topological polar surface area (TPSA) is 58.4 Å². The van der Waals surface area contributed by atoms with Gasteiger partial charge in [-0.05, 0) is 30.4 Å². The fourth-order valence-corrected chi connectivity index (χ4v) is 3.54. The Bertz CT molecular complexity index is 528. The maximum atomic E-state index is 11.1. The minimum absolute atomic E-state index is 0.0219. The number of halogens is 1. The predicted octanol–water partition coefficient (Wildman–Crippen LogP) is 2.99. The standard InChI is InChI=1S/C15H20ClN3O2/c16-13-5-4-12(10-14(13)19(20)21)15(11-2-1-3-11)18-8-6-17-7-9-18/h4-5,10-11,15,17H,1-3,6-9H2/t15-/m1/s1. The minimum atomic E-state index is -0.387. The molecule has 21 heavy (non-hydrogen) atoms. The van der Waals surface area contributed by atoms with E-state index in [-0.39, 0.29) is 21.7 Å². The number of piperazine rings is 1. The second kappa shape index (κ2) is 6.30. The van der Waals surface area contributed by atoms with E-state index in [1.165, 1.54) is 19.3 Å². The number of nitro groups is 1. The van der Waals surface area contributed by atoms with Crippen LogP contribution in [0.1, 0.15) is 30.9 Å². The summed E-state index contributed by atoms with van der Waals surface area (Å²) >= 11 is 5.94. The molecule has 0 unspecified atom stereocenters. The first-order valence-corrected chi connectivity index (χ1v) is 7.93. The lowest BCUT2D eigenvalue weighted by molar-refractivity contribution is -0.384. The zero-order valence-corrected chi connectivity index (χ0v) is 12.7. The molecule has 0 amide bonds. The van der Waals surface area contributed by atoms with E-state index in [1.54, 1.807) is 12.1 Å². The number of rotatable bonds is 4. The molecule has 114 valence electrons. The summed E-state index contributed by atoms with van der Waals surface area (Å²) in [7, 11) is 0. The summed E-state index contributed by atoms with van der Waals surface area (Å²) in [4.78, 5) is 13.2. The molecular weight excluding hydrogens is 290 g/mol. The van der Waals surface area contributed by atoms with Crippen molar-refractivity contribution < 1.29 is 4.92 Å². The molecule has 1 aromatic rings. The molecule has 2 aliphatic rings. The number of benzene rings is 1. The van der Waals surface area contributed by atoms with Gasteiger partial charge in [0.25, 0.3) is 5.69 Å². The lowest BCUT2D eigenvalue weighted by Crippen LogP contribution is -2.47. The van der Waals surface area contributed by atoms with Crippen LogP contribution in [0, 0.1) is 16.0 Å². The molecule has 1 aliphatic carbocycles. The molecule has 0 spiro atoms. The van der Waals surface area contributed by atoms with Crippen LogP contribution in [0.2, 0.25) is 5.02 Å². The van der Waals surface area contributed by atoms with Crippen molar-refractivity contribution in [1.29, 1.82) is 0 Å². The average molecular weight is 310 g/mol. The molecule has 1 heterocycles. The van der Waals surface area contributed by atoms with Crippen LogP contribution in [-0.4, -0.2) is 36.0 Å². The Morgan fingerprint density at radius 1 is 1.33 bits per heavy atom. The third kappa shape index (κ3) is 3.05. The highest BCUT2D eigenvalue weighted by Crippen LogP contribution is 2.42. The van der Waals surface area contributed by atoms with Gasteiger partial charge in [-0.25, -0.2) is 0 Å². The zero-order valence-electron chi connectivity index (χ0n) is 11.9. The summed E-state index contributed by atoms with van der Waals surface area (Å²) in [5.74, 6) is 0.615. The largest absolute Gasteiger partial charge is 0.314 e. The molecule has 0 aromatic heterocycles. The van der Waals surface area contributed by atoms with Crippen LogP contribution in [-0.2, 0) is 0 Å². The molecular formula is C15H20ClN3O2. The predicted molar refractivity (Wildman–Crippen MR) is 82.6 cm³/mol. The third-order valence-corrected chi connectivity index (χ3v) is 4.97. The van der Waals surface area contributed by atoms with Crippen LogP contribution < -0.4 is 5.32 Å². The van der Waals surface area contributed by atoms with Crippen molar-refractivity contribution in [2.24, 2.45) is 5.92 Å². The SMILES string of the molecule is O=[N+]([O-])c1cc([C@@H](C2CCC2)N2CCNCC2)ccc1Cl. The first-order valence-electron chi connectivity index (χ1n) is 7.55. The lowest BCUT2D eigenvalue weighted by Gasteiger charge is -2.43. The van der Waals surface area contributed by atoms with E-state index in [0.29, 0.717) is 5.92 Å². The summed E-state index contributed by atoms with van der Waals surface area (Å²) in [6.07, 6.45) is 3.69. The highest BCUT2D eigenvalue weighted by molar-refractivity contribution is 6.32. The molecule has 5 nitrogen and oxygen atoms in total. The Morgan fingerprint density at radius 2 is 2.05 bits per heavy atom. The van der Waals surface area contributed by atoms with Crippen LogP contribution in [0.3, 0.4) is 0 Å². The number of nitro benzene ring substituents is 1. The van der Waals surface area contributed by atoms with E-state index in [0.717, 1.165) is 31.7 Å². The van der Waals surface area contributed by atoms with Gasteiger partial charge in [-0.15, -0.1) is 0 Å². The number of nitrogens with one attached hydrogen (secondary N) is 1. The van der Waals surface area contributed by atoms with Crippen molar-refractivity contribution >= 4 is 17.3 Å². The molecule has 1 saturated carbocycles. The van der Waals surface area contributed by atoms with Crippen LogP contribution >= 0.6 is 11.6 Å². The Hall–Kier alpha value is -1.17. The molecule has 0 radical (unpaired) electrons. The smallest absolute Gasteiger partial charge is 0.288 e. The molecule has 1 aliphatic heterocycles. The van der Waals surface area contributed by atoms with Crippen LogP contribution in [0.5, 0.6) is 0 Å². The van der Waals surface area contributed by atoms with Gasteiger partial charge < -0.3 is 5.32 Å². The Labute approximate surface area is 129 Å². The van der Waals surface area contributed by atoms with Crippen LogP contribution in [0.25, 0.3) is 0 Å². The molecule has 2 fully saturated rings. The Balaban J connectivity index is 1.91. The van der Waals surface area contributed by atoms with E-state index < -0.39 is 0 Å². The molecule has 3 rings (SSSR count). The molecule has 6 heteroatoms. The van der Waals surface area contributed by atoms with Crippen molar-refractivity contribution in [3.63, 3.8) is 0 Å². The van der Waals surface area contributed by atoms with Crippen molar-refractivity contribution in [2.75, 3.05) is 26.2 Å². The summed E-state index contributed by atoms with van der Waals surface area (Å²) in [6, 6.07) is 5.59. The summed E-state index contributed by atoms with van der Waals surface area (Å²) in [6.45, 7) is 3.97. The second-order valence-electron chi connectivity index (χ2n) is 5.89. The quantitative estimate of drug-likeness (QED) is 0.686. The number of hydrogen-bond donors (Lipinski definition) is 1. The Morgan fingerprint density at radius 3 is 2.62 bits per heavy atom. The van der Waals surface area contributed by atoms with Gasteiger partial charge in [0.05, 0.1) is 4.92 Å². The highest BCUT2D eigenvalue weighted by Gasteiger charge is 2.34. The second-order valence-corrected chi connectivity index (χ2v) is 6.30. The van der Waals surface area contributed by atoms with Crippen molar-refractivity contribution in [3.8, 4) is 0 Å². The fourth-order valence-electron chi connectivity index (χ4n) is 3.35. The van der Waals surface area contributed by atoms with E-state index in [1.807, 2.05) is 6.07 Å². The van der Waals surface area contributed by atoms with E-state index >= 15 is 0 Å². The van der Waals surface area contributed by atoms with Gasteiger partial charge in [0.15, 0.2) is 0 Å². The van der Waals surface area contributed by atoms with Gasteiger partial charge in [-0.3, -0.25) is 15.0 Å². The van der Waals surface area contributed by atoms with Crippen molar-refractivity contribution in [3.05, 3.63) is 38.9 Å². The summed E-state index contributed by atoms with van der Waals surface area (Å²) < 4.78 is 0. The molecule has 1 N–H and O–H groups in total. The van der Waals surface area contributed by atoms with Gasteiger partial charge in [0, 0.05) is 38.3 Å². The first kappa shape index (κ1) is 14.8. The van der Waals surface area contributed by atoms with E-state index in [4.69, 9.17) is 11.6 Å². The molecule has 0 bridgehead atoms. The maximum absolute atomic E-state index is 11.1. The molecule has 1 saturated heterocycles. The fraction of sp³-hybridized carbons (Fsp3) is 0.600. The van der Waals surface area contributed by atoms with Gasteiger partial charge in [-0.2, -0.15) is 0 Å². The Kier molecular flexibility index (Phi) is 4.42. The monoisotopic (exact) mass is 309 g/mol. The highest BCUT2D eigenvalue weighted by atomic mass is 35.5. The third-order valence-electron chi connectivity index (χ3n) is 4.65. The van der Waals surface area contributed by atoms with Crippen molar-refractivity contribution in [2.45, 2.75) is 25.3 Å². The minimum Gasteiger partial charge on any atom is -0.314 e. The summed E-state index contributed by atoms with van der Waals surface area (Å²) in [5, 5.41) is 14.7. The normalized spacial score (nSPS) is 21.8. The van der Waals surface area contributed by atoms with Crippen LogP contribution in [0.15, 0.2) is 18.2 Å². The van der Waals surface area contributed by atoms with Gasteiger partial charge in [-0.1, -0.05) is 24.1 Å². The van der Waals surface area contributed by atoms with E-state index in [2.05, 4.69) is 10.2 Å². The average Bonchev–Trinajstić information content (AvgIpc) is 2.44. The lowest BCUT2D eigenvalue weighted by atomic mass is 9.76. The molecule has 1 aromatic carbocycles. The van der Waals surface area contributed by atoms with E-state index in [9.17, 15) is 10.1 Å². The molecule has 1 atom stereocenters. The number of nitrogens with zero attached hydrogens (tertiary/aromatic N) is 2. The van der Waals surface area contributed by atoms with Crippen molar-refractivity contribution in [1.82, 2.24) is 10.2 Å². The first-order chi connectivity index (χ1) is 10.2. The summed E-state index contributed by atoms with van der Waals surface area (Å²) in [5.41, 5.74) is 1.06. The van der Waals surface area contributed by atoms with Gasteiger partial charge in [0.2, 0.25) is 0 Å². The van der Waals surface area contributed by atoms with Gasteiger partial charge >= 0.3 is 0 Å². The van der Waals surface area contributed by atoms with Crippen LogP contribution in [0.4, 0.5) is 5.69 Å².